The van der Waals surface area contributed by atoms with Crippen LogP contribution < -0.4 is 11.1 Å². The SMILES string of the molecule is Nc1ccccc1NC(=O)N(CC(=O)O)CC1CC1. The summed E-state index contributed by atoms with van der Waals surface area (Å²) in [5.41, 5.74) is 6.69. The van der Waals surface area contributed by atoms with Crippen LogP contribution in [0.3, 0.4) is 0 Å². The molecule has 0 atom stereocenters. The number of benzene rings is 1. The van der Waals surface area contributed by atoms with Crippen molar-refractivity contribution in [1.82, 2.24) is 4.90 Å². The predicted octanol–water partition coefficient (Wildman–Crippen LogP) is 1.60. The van der Waals surface area contributed by atoms with Crippen LogP contribution in [0.25, 0.3) is 0 Å². The maximum Gasteiger partial charge on any atom is 0.323 e. The number of carboxylic acid groups (broad SMARTS) is 1. The Hall–Kier alpha value is -2.24. The molecule has 0 radical (unpaired) electrons. The number of rotatable bonds is 5. The van der Waals surface area contributed by atoms with Gasteiger partial charge < -0.3 is 21.1 Å². The van der Waals surface area contributed by atoms with E-state index in [-0.39, 0.29) is 6.54 Å². The van der Waals surface area contributed by atoms with Crippen LogP contribution in [-0.4, -0.2) is 35.1 Å². The Bertz CT molecular complexity index is 486. The molecule has 0 aliphatic heterocycles. The van der Waals surface area contributed by atoms with E-state index in [1.165, 1.54) is 4.90 Å². The molecule has 0 spiro atoms. The third kappa shape index (κ3) is 3.87. The highest BCUT2D eigenvalue weighted by Gasteiger charge is 2.28. The van der Waals surface area contributed by atoms with E-state index in [2.05, 4.69) is 5.32 Å². The van der Waals surface area contributed by atoms with Gasteiger partial charge in [-0.2, -0.15) is 0 Å². The first-order valence-electron chi connectivity index (χ1n) is 6.18. The Morgan fingerprint density at radius 2 is 2.05 bits per heavy atom. The Balaban J connectivity index is 2.01. The second-order valence-corrected chi connectivity index (χ2v) is 4.74. The molecular formula is C13H17N3O3. The zero-order valence-electron chi connectivity index (χ0n) is 10.5. The van der Waals surface area contributed by atoms with E-state index in [1.807, 2.05) is 0 Å². The first-order valence-corrected chi connectivity index (χ1v) is 6.18. The molecule has 1 aliphatic rings. The van der Waals surface area contributed by atoms with Crippen molar-refractivity contribution < 1.29 is 14.7 Å². The molecule has 6 nitrogen and oxygen atoms in total. The van der Waals surface area contributed by atoms with Crippen molar-refractivity contribution in [2.45, 2.75) is 12.8 Å². The van der Waals surface area contributed by atoms with E-state index in [4.69, 9.17) is 10.8 Å². The lowest BCUT2D eigenvalue weighted by Gasteiger charge is -2.21. The first-order chi connectivity index (χ1) is 9.06. The lowest BCUT2D eigenvalue weighted by molar-refractivity contribution is -0.137. The second kappa shape index (κ2) is 5.60. The summed E-state index contributed by atoms with van der Waals surface area (Å²) in [4.78, 5) is 24.2. The van der Waals surface area contributed by atoms with Crippen LogP contribution in [0.5, 0.6) is 0 Å². The fraction of sp³-hybridized carbons (Fsp3) is 0.385. The van der Waals surface area contributed by atoms with Crippen molar-refractivity contribution in [3.63, 3.8) is 0 Å². The summed E-state index contributed by atoms with van der Waals surface area (Å²) in [6.07, 6.45) is 2.10. The molecule has 2 amide bonds. The fourth-order valence-electron chi connectivity index (χ4n) is 1.80. The maximum absolute atomic E-state index is 12.1. The molecule has 0 bridgehead atoms. The topological polar surface area (TPSA) is 95.7 Å². The smallest absolute Gasteiger partial charge is 0.323 e. The average Bonchev–Trinajstić information content (AvgIpc) is 3.14. The van der Waals surface area contributed by atoms with Crippen LogP contribution in [0.15, 0.2) is 24.3 Å². The minimum Gasteiger partial charge on any atom is -0.480 e. The number of anilines is 2. The van der Waals surface area contributed by atoms with Gasteiger partial charge in [-0.05, 0) is 30.9 Å². The predicted molar refractivity (Wildman–Crippen MR) is 71.8 cm³/mol. The number of urea groups is 1. The number of para-hydroxylation sites is 2. The molecule has 0 saturated heterocycles. The van der Waals surface area contributed by atoms with E-state index in [0.29, 0.717) is 23.8 Å². The van der Waals surface area contributed by atoms with E-state index >= 15 is 0 Å². The highest BCUT2D eigenvalue weighted by molar-refractivity contribution is 5.94. The molecular weight excluding hydrogens is 246 g/mol. The van der Waals surface area contributed by atoms with Gasteiger partial charge in [-0.25, -0.2) is 4.79 Å². The Morgan fingerprint density at radius 3 is 2.63 bits per heavy atom. The zero-order valence-corrected chi connectivity index (χ0v) is 10.5. The third-order valence-electron chi connectivity index (χ3n) is 2.99. The summed E-state index contributed by atoms with van der Waals surface area (Å²) in [5.74, 6) is -0.588. The van der Waals surface area contributed by atoms with Crippen LogP contribution >= 0.6 is 0 Å². The van der Waals surface area contributed by atoms with Gasteiger partial charge in [0.15, 0.2) is 0 Å². The summed E-state index contributed by atoms with van der Waals surface area (Å²) in [5, 5.41) is 11.5. The first kappa shape index (κ1) is 13.2. The average molecular weight is 263 g/mol. The van der Waals surface area contributed by atoms with Gasteiger partial charge >= 0.3 is 12.0 Å². The number of nitrogen functional groups attached to an aromatic ring is 1. The van der Waals surface area contributed by atoms with Crippen LogP contribution in [0.1, 0.15) is 12.8 Å². The maximum atomic E-state index is 12.1. The highest BCUT2D eigenvalue weighted by Crippen LogP contribution is 2.30. The van der Waals surface area contributed by atoms with E-state index in [9.17, 15) is 9.59 Å². The van der Waals surface area contributed by atoms with E-state index in [0.717, 1.165) is 12.8 Å². The summed E-state index contributed by atoms with van der Waals surface area (Å²) >= 11 is 0. The summed E-state index contributed by atoms with van der Waals surface area (Å²) in [7, 11) is 0. The second-order valence-electron chi connectivity index (χ2n) is 4.74. The van der Waals surface area contributed by atoms with Gasteiger partial charge in [-0.1, -0.05) is 12.1 Å². The molecule has 19 heavy (non-hydrogen) atoms. The fourth-order valence-corrected chi connectivity index (χ4v) is 1.80. The minimum atomic E-state index is -1.02. The third-order valence-corrected chi connectivity index (χ3v) is 2.99. The van der Waals surface area contributed by atoms with Crippen LogP contribution in [0.4, 0.5) is 16.2 Å². The minimum absolute atomic E-state index is 0.297. The van der Waals surface area contributed by atoms with Gasteiger partial charge in [0.05, 0.1) is 11.4 Å². The van der Waals surface area contributed by atoms with Gasteiger partial charge in [0, 0.05) is 6.54 Å². The number of amides is 2. The quantitative estimate of drug-likeness (QED) is 0.703. The lowest BCUT2D eigenvalue weighted by atomic mass is 10.3. The number of carboxylic acids is 1. The van der Waals surface area contributed by atoms with Crippen molar-refractivity contribution in [3.05, 3.63) is 24.3 Å². The molecule has 1 aromatic rings. The Labute approximate surface area is 111 Å². The van der Waals surface area contributed by atoms with Crippen LogP contribution in [0.2, 0.25) is 0 Å². The molecule has 0 heterocycles. The molecule has 0 unspecified atom stereocenters. The standard InChI is InChI=1S/C13H17N3O3/c14-10-3-1-2-4-11(10)15-13(19)16(8-12(17)18)7-9-5-6-9/h1-4,9H,5-8,14H2,(H,15,19)(H,17,18). The number of hydrogen-bond donors (Lipinski definition) is 3. The van der Waals surface area contributed by atoms with Gasteiger partial charge in [-0.3, -0.25) is 4.79 Å². The molecule has 102 valence electrons. The van der Waals surface area contributed by atoms with Gasteiger partial charge in [0.25, 0.3) is 0 Å². The molecule has 1 fully saturated rings. The number of nitrogens with zero attached hydrogens (tertiary/aromatic N) is 1. The molecule has 0 aromatic heterocycles. The van der Waals surface area contributed by atoms with Crippen molar-refractivity contribution in [1.29, 1.82) is 0 Å². The number of hydrogen-bond acceptors (Lipinski definition) is 3. The largest absolute Gasteiger partial charge is 0.480 e. The van der Waals surface area contributed by atoms with Crippen molar-refractivity contribution in [2.75, 3.05) is 24.1 Å². The van der Waals surface area contributed by atoms with Crippen molar-refractivity contribution in [3.8, 4) is 0 Å². The normalized spacial score (nSPS) is 13.9. The zero-order chi connectivity index (χ0) is 13.8. The number of nitrogens with two attached hydrogens (primary N) is 1. The van der Waals surface area contributed by atoms with Gasteiger partial charge in [-0.15, -0.1) is 0 Å². The molecule has 1 aliphatic carbocycles. The Morgan fingerprint density at radius 1 is 1.37 bits per heavy atom. The molecule has 2 rings (SSSR count). The summed E-state index contributed by atoms with van der Waals surface area (Å²) in [6, 6.07) is 6.46. The van der Waals surface area contributed by atoms with Crippen molar-refractivity contribution in [2.24, 2.45) is 5.92 Å². The molecule has 1 aromatic carbocycles. The monoisotopic (exact) mass is 263 g/mol. The van der Waals surface area contributed by atoms with Crippen molar-refractivity contribution >= 4 is 23.4 Å². The van der Waals surface area contributed by atoms with Crippen LogP contribution in [0, 0.1) is 5.92 Å². The summed E-state index contributed by atoms with van der Waals surface area (Å²) in [6.45, 7) is 0.180. The number of carbonyl (C=O) groups excluding carboxylic acids is 1. The van der Waals surface area contributed by atoms with E-state index in [1.54, 1.807) is 24.3 Å². The lowest BCUT2D eigenvalue weighted by Crippen LogP contribution is -2.40. The summed E-state index contributed by atoms with van der Waals surface area (Å²) < 4.78 is 0. The number of carbonyl (C=O) groups is 2. The molecule has 1 saturated carbocycles. The van der Waals surface area contributed by atoms with E-state index < -0.39 is 12.0 Å². The molecule has 6 heteroatoms. The van der Waals surface area contributed by atoms with Gasteiger partial charge in [0.1, 0.15) is 6.54 Å². The molecule has 4 N–H and O–H groups in total. The van der Waals surface area contributed by atoms with Gasteiger partial charge in [0.2, 0.25) is 0 Å². The number of nitrogens with one attached hydrogen (secondary N) is 1. The number of aliphatic carboxylic acids is 1. The highest BCUT2D eigenvalue weighted by atomic mass is 16.4. The Kier molecular flexibility index (Phi) is 3.89. The van der Waals surface area contributed by atoms with Crippen LogP contribution in [-0.2, 0) is 4.79 Å².